The summed E-state index contributed by atoms with van der Waals surface area (Å²) in [4.78, 5) is 28.1. The summed E-state index contributed by atoms with van der Waals surface area (Å²) in [7, 11) is 0. The van der Waals surface area contributed by atoms with Gasteiger partial charge in [0, 0.05) is 32.7 Å². The minimum absolute atomic E-state index is 0.0357. The number of carbonyl (C=O) groups is 2. The van der Waals surface area contributed by atoms with E-state index in [0.717, 1.165) is 26.1 Å². The quantitative estimate of drug-likeness (QED) is 0.765. The number of rotatable bonds is 7. The number of piperazine rings is 1. The molecule has 1 aromatic rings. The highest BCUT2D eigenvalue weighted by molar-refractivity contribution is 5.87. The molecule has 1 aliphatic heterocycles. The third-order valence-electron chi connectivity index (χ3n) is 4.32. The van der Waals surface area contributed by atoms with Gasteiger partial charge in [0.1, 0.15) is 0 Å². The normalized spacial score (nSPS) is 16.7. The summed E-state index contributed by atoms with van der Waals surface area (Å²) in [6.45, 7) is 6.02. The van der Waals surface area contributed by atoms with E-state index in [1.54, 1.807) is 0 Å². The summed E-state index contributed by atoms with van der Waals surface area (Å²) >= 11 is 0. The second-order valence-electron chi connectivity index (χ2n) is 6.26. The molecular weight excluding hydrogens is 304 g/mol. The molecule has 0 saturated carbocycles. The average molecular weight is 332 g/mol. The lowest BCUT2D eigenvalue weighted by atomic mass is 10.1. The third kappa shape index (κ3) is 5.62. The van der Waals surface area contributed by atoms with Crippen LogP contribution in [0.25, 0.3) is 0 Å². The van der Waals surface area contributed by atoms with Gasteiger partial charge in [0.05, 0.1) is 12.6 Å². The fourth-order valence-corrected chi connectivity index (χ4v) is 2.84. The van der Waals surface area contributed by atoms with Gasteiger partial charge >= 0.3 is 0 Å². The van der Waals surface area contributed by atoms with Crippen LogP contribution in [0.4, 0.5) is 0 Å². The van der Waals surface area contributed by atoms with Crippen LogP contribution in [0.5, 0.6) is 0 Å². The summed E-state index contributed by atoms with van der Waals surface area (Å²) in [5.41, 5.74) is 7.03. The molecule has 1 heterocycles. The second kappa shape index (κ2) is 9.39. The number of nitrogens with two attached hydrogens (primary N) is 1. The molecule has 0 bridgehead atoms. The number of hydrogen-bond donors (Lipinski definition) is 2. The molecule has 1 aliphatic rings. The zero-order valence-electron chi connectivity index (χ0n) is 14.4. The van der Waals surface area contributed by atoms with Crippen molar-refractivity contribution in [1.29, 1.82) is 0 Å². The number of hydrogen-bond acceptors (Lipinski definition) is 4. The second-order valence-corrected chi connectivity index (χ2v) is 6.26. The van der Waals surface area contributed by atoms with Gasteiger partial charge in [-0.15, -0.1) is 0 Å². The third-order valence-corrected chi connectivity index (χ3v) is 4.32. The number of carbonyl (C=O) groups excluding carboxylic acids is 2. The van der Waals surface area contributed by atoms with Crippen LogP contribution in [0.2, 0.25) is 0 Å². The standard InChI is InChI=1S/C18H28N4O2/c1-2-6-16(19)18(24)20-13-17(23)22-11-9-21(10-12-22)14-15-7-4-3-5-8-15/h3-5,7-8,16H,2,6,9-14,19H2,1H3,(H,20,24). The molecule has 2 amide bonds. The smallest absolute Gasteiger partial charge is 0.242 e. The Bertz CT molecular complexity index is 527. The van der Waals surface area contributed by atoms with Crippen molar-refractivity contribution < 1.29 is 9.59 Å². The minimum atomic E-state index is -0.523. The van der Waals surface area contributed by atoms with E-state index in [1.807, 2.05) is 30.0 Å². The highest BCUT2D eigenvalue weighted by Gasteiger charge is 2.22. The molecule has 1 aromatic carbocycles. The molecule has 1 atom stereocenters. The molecule has 0 aromatic heterocycles. The largest absolute Gasteiger partial charge is 0.346 e. The highest BCUT2D eigenvalue weighted by Crippen LogP contribution is 2.08. The van der Waals surface area contributed by atoms with Crippen molar-refractivity contribution in [3.05, 3.63) is 35.9 Å². The van der Waals surface area contributed by atoms with E-state index < -0.39 is 6.04 Å². The lowest BCUT2D eigenvalue weighted by Gasteiger charge is -2.34. The van der Waals surface area contributed by atoms with Crippen molar-refractivity contribution in [2.75, 3.05) is 32.7 Å². The first-order valence-electron chi connectivity index (χ1n) is 8.67. The summed E-state index contributed by atoms with van der Waals surface area (Å²) < 4.78 is 0. The first-order valence-corrected chi connectivity index (χ1v) is 8.67. The van der Waals surface area contributed by atoms with Crippen molar-refractivity contribution in [3.63, 3.8) is 0 Å². The van der Waals surface area contributed by atoms with Gasteiger partial charge < -0.3 is 16.0 Å². The van der Waals surface area contributed by atoms with Crippen molar-refractivity contribution >= 4 is 11.8 Å². The molecule has 3 N–H and O–H groups in total. The lowest BCUT2D eigenvalue weighted by Crippen LogP contribution is -2.52. The van der Waals surface area contributed by atoms with Crippen molar-refractivity contribution in [1.82, 2.24) is 15.1 Å². The zero-order valence-corrected chi connectivity index (χ0v) is 14.4. The number of nitrogens with zero attached hydrogens (tertiary/aromatic N) is 2. The summed E-state index contributed by atoms with van der Waals surface area (Å²) in [6.07, 6.45) is 1.49. The maximum atomic E-state index is 12.2. The van der Waals surface area contributed by atoms with Crippen LogP contribution in [0.15, 0.2) is 30.3 Å². The minimum Gasteiger partial charge on any atom is -0.346 e. The van der Waals surface area contributed by atoms with E-state index in [9.17, 15) is 9.59 Å². The predicted octanol–water partition coefficient (Wildman–Crippen LogP) is 0.574. The fourth-order valence-electron chi connectivity index (χ4n) is 2.84. The Kier molecular flexibility index (Phi) is 7.21. The van der Waals surface area contributed by atoms with E-state index in [0.29, 0.717) is 19.5 Å². The molecule has 1 unspecified atom stereocenters. The maximum absolute atomic E-state index is 12.2. The fraction of sp³-hybridized carbons (Fsp3) is 0.556. The molecule has 1 saturated heterocycles. The summed E-state index contributed by atoms with van der Waals surface area (Å²) in [5, 5.41) is 2.65. The van der Waals surface area contributed by atoms with Gasteiger partial charge in [-0.3, -0.25) is 14.5 Å². The Morgan fingerprint density at radius 1 is 1.17 bits per heavy atom. The Labute approximate surface area is 144 Å². The predicted molar refractivity (Wildman–Crippen MR) is 94.2 cm³/mol. The van der Waals surface area contributed by atoms with Crippen LogP contribution in [-0.2, 0) is 16.1 Å². The zero-order chi connectivity index (χ0) is 17.4. The SMILES string of the molecule is CCCC(N)C(=O)NCC(=O)N1CCN(Cc2ccccc2)CC1. The van der Waals surface area contributed by atoms with Gasteiger partial charge in [-0.1, -0.05) is 43.7 Å². The van der Waals surface area contributed by atoms with Crippen LogP contribution in [-0.4, -0.2) is 60.4 Å². The van der Waals surface area contributed by atoms with E-state index in [-0.39, 0.29) is 18.4 Å². The molecule has 6 nitrogen and oxygen atoms in total. The average Bonchev–Trinajstić information content (AvgIpc) is 2.61. The summed E-state index contributed by atoms with van der Waals surface area (Å²) in [5.74, 6) is -0.278. The van der Waals surface area contributed by atoms with Crippen LogP contribution < -0.4 is 11.1 Å². The molecular formula is C18H28N4O2. The van der Waals surface area contributed by atoms with Gasteiger partial charge in [0.2, 0.25) is 11.8 Å². The molecule has 0 aliphatic carbocycles. The monoisotopic (exact) mass is 332 g/mol. The van der Waals surface area contributed by atoms with Crippen LogP contribution in [0.3, 0.4) is 0 Å². The molecule has 2 rings (SSSR count). The molecule has 6 heteroatoms. The van der Waals surface area contributed by atoms with E-state index in [4.69, 9.17) is 5.73 Å². The molecule has 0 spiro atoms. The molecule has 24 heavy (non-hydrogen) atoms. The van der Waals surface area contributed by atoms with Crippen LogP contribution in [0.1, 0.15) is 25.3 Å². The van der Waals surface area contributed by atoms with Crippen molar-refractivity contribution in [2.24, 2.45) is 5.73 Å². The Morgan fingerprint density at radius 2 is 1.83 bits per heavy atom. The van der Waals surface area contributed by atoms with Gasteiger partial charge in [0.15, 0.2) is 0 Å². The Hall–Kier alpha value is -1.92. The van der Waals surface area contributed by atoms with Crippen molar-refractivity contribution in [3.8, 4) is 0 Å². The van der Waals surface area contributed by atoms with Gasteiger partial charge in [0.25, 0.3) is 0 Å². The molecule has 0 radical (unpaired) electrons. The van der Waals surface area contributed by atoms with Crippen LogP contribution >= 0.6 is 0 Å². The lowest BCUT2D eigenvalue weighted by molar-refractivity contribution is -0.134. The van der Waals surface area contributed by atoms with Crippen LogP contribution in [0, 0.1) is 0 Å². The Balaban J connectivity index is 1.70. The van der Waals surface area contributed by atoms with Gasteiger partial charge in [-0.05, 0) is 12.0 Å². The van der Waals surface area contributed by atoms with E-state index >= 15 is 0 Å². The van der Waals surface area contributed by atoms with E-state index in [2.05, 4.69) is 22.3 Å². The highest BCUT2D eigenvalue weighted by atomic mass is 16.2. The number of benzene rings is 1. The van der Waals surface area contributed by atoms with E-state index in [1.165, 1.54) is 5.56 Å². The van der Waals surface area contributed by atoms with Crippen molar-refractivity contribution in [2.45, 2.75) is 32.4 Å². The number of nitrogens with one attached hydrogen (secondary N) is 1. The molecule has 1 fully saturated rings. The number of amides is 2. The Morgan fingerprint density at radius 3 is 2.46 bits per heavy atom. The summed E-state index contributed by atoms with van der Waals surface area (Å²) in [6, 6.07) is 9.81. The maximum Gasteiger partial charge on any atom is 0.242 e. The topological polar surface area (TPSA) is 78.7 Å². The first kappa shape index (κ1) is 18.4. The van der Waals surface area contributed by atoms with Gasteiger partial charge in [-0.25, -0.2) is 0 Å². The van der Waals surface area contributed by atoms with Gasteiger partial charge in [-0.2, -0.15) is 0 Å². The molecule has 132 valence electrons. The first-order chi connectivity index (χ1) is 11.6.